The van der Waals surface area contributed by atoms with Gasteiger partial charge in [-0.1, -0.05) is 42.5 Å². The number of benzene rings is 2. The van der Waals surface area contributed by atoms with Crippen LogP contribution in [0.1, 0.15) is 29.1 Å². The molecule has 0 saturated carbocycles. The third kappa shape index (κ3) is 3.27. The molecule has 3 rings (SSSR count). The number of nitrogens with zero attached hydrogens (tertiary/aromatic N) is 1. The summed E-state index contributed by atoms with van der Waals surface area (Å²) >= 11 is 0. The Kier molecular flexibility index (Phi) is 4.16. The fraction of sp³-hybridized carbons (Fsp3) is 0.118. The summed E-state index contributed by atoms with van der Waals surface area (Å²) in [6.45, 7) is 1.92. The molecule has 1 heterocycles. The molecule has 23 heavy (non-hydrogen) atoms. The van der Waals surface area contributed by atoms with Crippen LogP contribution in [-0.2, 0) is 0 Å². The fourth-order valence-electron chi connectivity index (χ4n) is 2.25. The summed E-state index contributed by atoms with van der Waals surface area (Å²) in [6.07, 6.45) is 0. The third-order valence-corrected chi connectivity index (χ3v) is 3.53. The number of rotatable bonds is 4. The summed E-state index contributed by atoms with van der Waals surface area (Å²) in [4.78, 5) is 30.8. The zero-order valence-electron chi connectivity index (χ0n) is 12.5. The number of hydrogen-bond donors (Lipinski definition) is 3. The van der Waals surface area contributed by atoms with E-state index in [0.29, 0.717) is 10.9 Å². The summed E-state index contributed by atoms with van der Waals surface area (Å²) in [5.74, 6) is -0.517. The van der Waals surface area contributed by atoms with Crippen molar-refractivity contribution in [3.8, 4) is 0 Å². The van der Waals surface area contributed by atoms with Crippen LogP contribution in [0.4, 0.5) is 0 Å². The molecule has 1 amide bonds. The fourth-order valence-corrected chi connectivity index (χ4v) is 2.25. The lowest BCUT2D eigenvalue weighted by atomic mass is 10.1. The first-order valence-electron chi connectivity index (χ1n) is 7.25. The van der Waals surface area contributed by atoms with Gasteiger partial charge < -0.3 is 4.98 Å². The van der Waals surface area contributed by atoms with Gasteiger partial charge in [-0.05, 0) is 24.6 Å². The van der Waals surface area contributed by atoms with Crippen molar-refractivity contribution >= 4 is 16.8 Å². The number of para-hydroxylation sites is 1. The topological polar surface area (TPSA) is 86.9 Å². The molecule has 0 radical (unpaired) electrons. The van der Waals surface area contributed by atoms with Gasteiger partial charge in [0.15, 0.2) is 0 Å². The maximum atomic E-state index is 12.2. The maximum Gasteiger partial charge on any atom is 0.301 e. The number of carbonyl (C=O) groups is 1. The molecule has 1 aromatic heterocycles. The highest BCUT2D eigenvalue weighted by Gasteiger charge is 2.12. The molecule has 116 valence electrons. The van der Waals surface area contributed by atoms with Gasteiger partial charge in [-0.25, -0.2) is 10.4 Å². The van der Waals surface area contributed by atoms with Gasteiger partial charge in [0.25, 0.3) is 5.56 Å². The maximum absolute atomic E-state index is 12.2. The summed E-state index contributed by atoms with van der Waals surface area (Å²) in [5.41, 5.74) is 6.65. The van der Waals surface area contributed by atoms with E-state index >= 15 is 0 Å². The minimum absolute atomic E-state index is 0.0264. The predicted octanol–water partition coefficient (Wildman–Crippen LogP) is 1.92. The second-order valence-electron chi connectivity index (χ2n) is 5.16. The van der Waals surface area contributed by atoms with Crippen LogP contribution in [0.5, 0.6) is 0 Å². The van der Waals surface area contributed by atoms with E-state index in [4.69, 9.17) is 0 Å². The monoisotopic (exact) mass is 308 g/mol. The van der Waals surface area contributed by atoms with Crippen LogP contribution in [-0.4, -0.2) is 15.9 Å². The highest BCUT2D eigenvalue weighted by Crippen LogP contribution is 2.10. The number of hydrazine groups is 1. The smallest absolute Gasteiger partial charge is 0.301 e. The van der Waals surface area contributed by atoms with E-state index in [9.17, 15) is 9.59 Å². The molecule has 3 aromatic rings. The van der Waals surface area contributed by atoms with Gasteiger partial charge >= 0.3 is 5.91 Å². The molecule has 0 aliphatic heterocycles. The van der Waals surface area contributed by atoms with Crippen molar-refractivity contribution in [2.75, 3.05) is 0 Å². The number of H-pyrrole nitrogens is 1. The van der Waals surface area contributed by atoms with E-state index in [1.165, 1.54) is 0 Å². The molecule has 3 N–H and O–H groups in total. The van der Waals surface area contributed by atoms with Crippen molar-refractivity contribution in [1.29, 1.82) is 0 Å². The Labute approximate surface area is 132 Å². The Bertz CT molecular complexity index is 890. The van der Waals surface area contributed by atoms with Gasteiger partial charge in [-0.2, -0.15) is 0 Å². The van der Waals surface area contributed by atoms with Crippen LogP contribution >= 0.6 is 0 Å². The van der Waals surface area contributed by atoms with E-state index in [-0.39, 0.29) is 17.4 Å². The summed E-state index contributed by atoms with van der Waals surface area (Å²) in [7, 11) is 0. The van der Waals surface area contributed by atoms with Crippen molar-refractivity contribution < 1.29 is 4.79 Å². The minimum Gasteiger partial charge on any atom is -0.302 e. The van der Waals surface area contributed by atoms with E-state index in [2.05, 4.69) is 20.8 Å². The highest BCUT2D eigenvalue weighted by atomic mass is 16.2. The molecular formula is C17H16N4O2. The zero-order valence-corrected chi connectivity index (χ0v) is 12.5. The Morgan fingerprint density at radius 2 is 1.78 bits per heavy atom. The average molecular weight is 308 g/mol. The molecule has 6 heteroatoms. The van der Waals surface area contributed by atoms with Crippen LogP contribution in [0.2, 0.25) is 0 Å². The van der Waals surface area contributed by atoms with Gasteiger partial charge in [-0.3, -0.25) is 15.0 Å². The molecule has 0 aliphatic rings. The first kappa shape index (κ1) is 14.9. The Hall–Kier alpha value is -2.99. The normalized spacial score (nSPS) is 12.0. The van der Waals surface area contributed by atoms with Crippen LogP contribution < -0.4 is 16.4 Å². The number of fused-ring (bicyclic) bond motifs is 1. The van der Waals surface area contributed by atoms with E-state index in [1.807, 2.05) is 37.3 Å². The quantitative estimate of drug-likeness (QED) is 0.643. The summed E-state index contributed by atoms with van der Waals surface area (Å²) in [5, 5.41) is 0.453. The van der Waals surface area contributed by atoms with Crippen LogP contribution in [0, 0.1) is 0 Å². The van der Waals surface area contributed by atoms with Gasteiger partial charge in [0.2, 0.25) is 5.82 Å². The second kappa shape index (κ2) is 6.41. The van der Waals surface area contributed by atoms with Crippen LogP contribution in [0.25, 0.3) is 10.9 Å². The molecule has 2 aromatic carbocycles. The van der Waals surface area contributed by atoms with Crippen molar-refractivity contribution in [3.63, 3.8) is 0 Å². The number of carbonyl (C=O) groups excluding carboxylic acids is 1. The molecule has 0 unspecified atom stereocenters. The summed E-state index contributed by atoms with van der Waals surface area (Å²) < 4.78 is 0. The van der Waals surface area contributed by atoms with Crippen molar-refractivity contribution in [2.45, 2.75) is 13.0 Å². The molecule has 0 spiro atoms. The van der Waals surface area contributed by atoms with Crippen LogP contribution in [0.15, 0.2) is 59.4 Å². The lowest BCUT2D eigenvalue weighted by Gasteiger charge is -2.14. The highest BCUT2D eigenvalue weighted by molar-refractivity contribution is 5.92. The van der Waals surface area contributed by atoms with Crippen molar-refractivity contribution in [1.82, 2.24) is 20.8 Å². The second-order valence-corrected chi connectivity index (χ2v) is 5.16. The van der Waals surface area contributed by atoms with Gasteiger partial charge in [0, 0.05) is 6.04 Å². The molecule has 1 atom stereocenters. The predicted molar refractivity (Wildman–Crippen MR) is 87.8 cm³/mol. The minimum atomic E-state index is -0.490. The first-order valence-corrected chi connectivity index (χ1v) is 7.25. The molecule has 0 aliphatic carbocycles. The molecule has 0 fully saturated rings. The van der Waals surface area contributed by atoms with Crippen molar-refractivity contribution in [3.05, 3.63) is 76.3 Å². The zero-order chi connectivity index (χ0) is 16.2. The Balaban J connectivity index is 1.75. The largest absolute Gasteiger partial charge is 0.302 e. The van der Waals surface area contributed by atoms with Crippen molar-refractivity contribution in [2.24, 2.45) is 0 Å². The van der Waals surface area contributed by atoms with E-state index in [1.54, 1.807) is 24.3 Å². The summed E-state index contributed by atoms with van der Waals surface area (Å²) in [6, 6.07) is 16.5. The number of amides is 1. The Morgan fingerprint density at radius 3 is 2.57 bits per heavy atom. The lowest BCUT2D eigenvalue weighted by Crippen LogP contribution is -2.40. The Morgan fingerprint density at radius 1 is 1.09 bits per heavy atom. The number of nitrogens with one attached hydrogen (secondary N) is 3. The number of hydrogen-bond acceptors (Lipinski definition) is 4. The van der Waals surface area contributed by atoms with Gasteiger partial charge in [-0.15, -0.1) is 0 Å². The van der Waals surface area contributed by atoms with Gasteiger partial charge in [0.05, 0.1) is 10.9 Å². The molecule has 6 nitrogen and oxygen atoms in total. The number of aromatic nitrogens is 2. The molecular weight excluding hydrogens is 292 g/mol. The van der Waals surface area contributed by atoms with Gasteiger partial charge in [0.1, 0.15) is 0 Å². The third-order valence-electron chi connectivity index (χ3n) is 3.53. The molecule has 0 bridgehead atoms. The standard InChI is InChI=1S/C17H16N4O2/c1-11(12-7-3-2-4-8-12)20-21-17(23)15-18-14-10-6-5-9-13(14)16(22)19-15/h2-11,20H,1H3,(H,21,23)(H,18,19,22)/t11-/m1/s1. The lowest BCUT2D eigenvalue weighted by molar-refractivity contribution is 0.0916. The molecule has 0 saturated heterocycles. The van der Waals surface area contributed by atoms with E-state index < -0.39 is 5.91 Å². The van der Waals surface area contributed by atoms with Crippen LogP contribution in [0.3, 0.4) is 0 Å². The van der Waals surface area contributed by atoms with E-state index in [0.717, 1.165) is 5.56 Å². The average Bonchev–Trinajstić information content (AvgIpc) is 2.60. The number of aromatic amines is 1. The SMILES string of the molecule is C[C@@H](NNC(=O)c1nc2ccccc2c(=O)[nH]1)c1ccccc1. The first-order chi connectivity index (χ1) is 11.1.